The van der Waals surface area contributed by atoms with Crippen LogP contribution in [0, 0.1) is 0 Å². The molecule has 0 spiro atoms. The summed E-state index contributed by atoms with van der Waals surface area (Å²) in [6.45, 7) is 5.31. The summed E-state index contributed by atoms with van der Waals surface area (Å²) in [6.07, 6.45) is 3.64. The Balaban J connectivity index is 1.85. The Hall–Kier alpha value is -2.77. The lowest BCUT2D eigenvalue weighted by molar-refractivity contribution is -0.0509. The van der Waals surface area contributed by atoms with Gasteiger partial charge >= 0.3 is 5.63 Å². The molecule has 7 nitrogen and oxygen atoms in total. The predicted molar refractivity (Wildman–Crippen MR) is 110 cm³/mol. The molecule has 0 saturated carbocycles. The van der Waals surface area contributed by atoms with Gasteiger partial charge in [-0.25, -0.2) is 4.79 Å². The van der Waals surface area contributed by atoms with Crippen LogP contribution >= 0.6 is 0 Å². The molecule has 1 atom stereocenters. The molecule has 0 aliphatic heterocycles. The van der Waals surface area contributed by atoms with Gasteiger partial charge in [0.1, 0.15) is 12.4 Å². The van der Waals surface area contributed by atoms with Crippen molar-refractivity contribution in [3.05, 3.63) is 46.5 Å². The zero-order valence-corrected chi connectivity index (χ0v) is 17.0. The number of methoxy groups -OCH3 is 1. The highest BCUT2D eigenvalue weighted by Crippen LogP contribution is 2.42. The molecule has 7 heteroatoms. The number of hydrogen-bond acceptors (Lipinski definition) is 7. The van der Waals surface area contributed by atoms with E-state index in [4.69, 9.17) is 18.3 Å². The summed E-state index contributed by atoms with van der Waals surface area (Å²) in [6, 6.07) is 4.74. The zero-order chi connectivity index (χ0) is 21.2. The van der Waals surface area contributed by atoms with Gasteiger partial charge in [-0.2, -0.15) is 0 Å². The van der Waals surface area contributed by atoms with E-state index in [9.17, 15) is 15.0 Å². The van der Waals surface area contributed by atoms with Gasteiger partial charge in [0.05, 0.1) is 35.9 Å². The highest BCUT2D eigenvalue weighted by Gasteiger charge is 2.24. The van der Waals surface area contributed by atoms with Crippen molar-refractivity contribution in [2.45, 2.75) is 45.3 Å². The summed E-state index contributed by atoms with van der Waals surface area (Å²) in [5.41, 5.74) is 0.0692. The monoisotopic (exact) mass is 402 g/mol. The molecule has 0 radical (unpaired) electrons. The topological polar surface area (TPSA) is 102 Å². The van der Waals surface area contributed by atoms with Crippen LogP contribution < -0.4 is 15.1 Å². The number of fused-ring (bicyclic) bond motifs is 2. The number of furan rings is 1. The number of rotatable bonds is 8. The third-order valence-corrected chi connectivity index (χ3v) is 4.89. The van der Waals surface area contributed by atoms with E-state index in [1.165, 1.54) is 12.3 Å². The van der Waals surface area contributed by atoms with Crippen LogP contribution in [0.2, 0.25) is 0 Å². The van der Waals surface area contributed by atoms with Crippen LogP contribution in [0.3, 0.4) is 0 Å². The van der Waals surface area contributed by atoms with E-state index in [1.54, 1.807) is 33.1 Å². The molecule has 0 unspecified atom stereocenters. The molecular weight excluding hydrogens is 376 g/mol. The average molecular weight is 402 g/mol. The quantitative estimate of drug-likeness (QED) is 0.437. The first-order valence-corrected chi connectivity index (χ1v) is 9.42. The van der Waals surface area contributed by atoms with Crippen molar-refractivity contribution < 1.29 is 28.5 Å². The summed E-state index contributed by atoms with van der Waals surface area (Å²) < 4.78 is 22.4. The molecule has 156 valence electrons. The van der Waals surface area contributed by atoms with Crippen molar-refractivity contribution in [2.24, 2.45) is 0 Å². The second-order valence-corrected chi connectivity index (χ2v) is 7.59. The van der Waals surface area contributed by atoms with Gasteiger partial charge in [-0.15, -0.1) is 0 Å². The number of aliphatic hydroxyl groups excluding tert-OH is 1. The van der Waals surface area contributed by atoms with E-state index >= 15 is 0 Å². The number of hydrogen-bond donors (Lipinski definition) is 2. The van der Waals surface area contributed by atoms with Gasteiger partial charge in [0, 0.05) is 6.07 Å². The first-order chi connectivity index (χ1) is 13.7. The van der Waals surface area contributed by atoms with Crippen molar-refractivity contribution in [2.75, 3.05) is 13.7 Å². The van der Waals surface area contributed by atoms with Crippen molar-refractivity contribution in [1.82, 2.24) is 0 Å². The second kappa shape index (κ2) is 8.31. The maximum Gasteiger partial charge on any atom is 0.336 e. The van der Waals surface area contributed by atoms with Crippen LogP contribution in [0.25, 0.3) is 21.9 Å². The number of ether oxygens (including phenoxy) is 2. The highest BCUT2D eigenvalue weighted by atomic mass is 16.5. The Morgan fingerprint density at radius 2 is 1.93 bits per heavy atom. The largest absolute Gasteiger partial charge is 0.495 e. The molecule has 3 aromatic rings. The van der Waals surface area contributed by atoms with Gasteiger partial charge < -0.3 is 28.5 Å². The van der Waals surface area contributed by atoms with E-state index in [1.807, 2.05) is 13.0 Å². The van der Waals surface area contributed by atoms with Crippen molar-refractivity contribution >= 4 is 21.9 Å². The first kappa shape index (κ1) is 21.0. The summed E-state index contributed by atoms with van der Waals surface area (Å²) in [5.74, 6) is 0.881. The van der Waals surface area contributed by atoms with Crippen LogP contribution in [0.4, 0.5) is 0 Å². The Morgan fingerprint density at radius 3 is 2.62 bits per heavy atom. The Kier molecular flexibility index (Phi) is 6.00. The molecular formula is C22H26O7. The van der Waals surface area contributed by atoms with Gasteiger partial charge in [0.25, 0.3) is 0 Å². The van der Waals surface area contributed by atoms with Crippen LogP contribution in [0.1, 0.15) is 33.6 Å². The smallest absolute Gasteiger partial charge is 0.336 e. The predicted octanol–water partition coefficient (Wildman–Crippen LogP) is 3.78. The molecule has 29 heavy (non-hydrogen) atoms. The fourth-order valence-corrected chi connectivity index (χ4v) is 3.11. The van der Waals surface area contributed by atoms with Crippen LogP contribution in [-0.4, -0.2) is 35.6 Å². The standard InChI is InChI=1S/C22H26O7/c1-13(5-7-16(23)22(2,3)25)9-11-28-21-19-15(10-12-27-19)18(26-4)14-6-8-17(24)29-20(14)21/h6,8-10,12,16,23,25H,5,7,11H2,1-4H3/t16-/m0/s1. The first-order valence-electron chi connectivity index (χ1n) is 9.42. The normalized spacial score (nSPS) is 13.8. The summed E-state index contributed by atoms with van der Waals surface area (Å²) >= 11 is 0. The van der Waals surface area contributed by atoms with Crippen LogP contribution in [0.5, 0.6) is 11.5 Å². The SMILES string of the molecule is COc1c2ccoc2c(OCC=C(C)CC[C@H](O)C(C)(C)O)c2oc(=O)ccc12. The lowest BCUT2D eigenvalue weighted by Crippen LogP contribution is -2.35. The summed E-state index contributed by atoms with van der Waals surface area (Å²) in [7, 11) is 1.54. The number of aliphatic hydroxyl groups is 2. The molecule has 0 bridgehead atoms. The second-order valence-electron chi connectivity index (χ2n) is 7.59. The third-order valence-electron chi connectivity index (χ3n) is 4.89. The van der Waals surface area contributed by atoms with Gasteiger partial charge in [0.15, 0.2) is 11.2 Å². The van der Waals surface area contributed by atoms with E-state index in [0.29, 0.717) is 35.3 Å². The van der Waals surface area contributed by atoms with Gasteiger partial charge in [-0.1, -0.05) is 5.57 Å². The van der Waals surface area contributed by atoms with E-state index in [0.717, 1.165) is 11.0 Å². The van der Waals surface area contributed by atoms with Gasteiger partial charge in [-0.05, 0) is 51.8 Å². The molecule has 2 N–H and O–H groups in total. The lowest BCUT2D eigenvalue weighted by Gasteiger charge is -2.24. The highest BCUT2D eigenvalue weighted by molar-refractivity contribution is 6.06. The van der Waals surface area contributed by atoms with E-state index in [-0.39, 0.29) is 12.2 Å². The molecule has 0 aliphatic carbocycles. The molecule has 0 aliphatic rings. The zero-order valence-electron chi connectivity index (χ0n) is 17.0. The van der Waals surface area contributed by atoms with Crippen LogP contribution in [-0.2, 0) is 0 Å². The maximum atomic E-state index is 11.8. The minimum atomic E-state index is -1.14. The van der Waals surface area contributed by atoms with Crippen LogP contribution in [0.15, 0.2) is 49.7 Å². The third kappa shape index (κ3) is 4.46. The van der Waals surface area contributed by atoms with E-state index < -0.39 is 17.3 Å². The Morgan fingerprint density at radius 1 is 1.21 bits per heavy atom. The average Bonchev–Trinajstić information content (AvgIpc) is 3.14. The Labute approximate surface area is 168 Å². The number of allylic oxidation sites excluding steroid dienone is 1. The fourth-order valence-electron chi connectivity index (χ4n) is 3.11. The van der Waals surface area contributed by atoms with Gasteiger partial charge in [0.2, 0.25) is 5.75 Å². The van der Waals surface area contributed by atoms with Crippen molar-refractivity contribution in [1.29, 1.82) is 0 Å². The molecule has 3 rings (SSSR count). The number of benzene rings is 1. The molecule has 2 aromatic heterocycles. The minimum Gasteiger partial charge on any atom is -0.495 e. The molecule has 0 saturated heterocycles. The molecule has 0 fully saturated rings. The maximum absolute atomic E-state index is 11.8. The molecule has 1 aromatic carbocycles. The molecule has 0 amide bonds. The van der Waals surface area contributed by atoms with E-state index in [2.05, 4.69) is 0 Å². The Bertz CT molecular complexity index is 1080. The minimum absolute atomic E-state index is 0.223. The van der Waals surface area contributed by atoms with Crippen molar-refractivity contribution in [3.63, 3.8) is 0 Å². The summed E-state index contributed by atoms with van der Waals surface area (Å²) in [5, 5.41) is 21.1. The fraction of sp³-hybridized carbons (Fsp3) is 0.409. The van der Waals surface area contributed by atoms with Gasteiger partial charge in [-0.3, -0.25) is 0 Å². The van der Waals surface area contributed by atoms with Crippen molar-refractivity contribution in [3.8, 4) is 11.5 Å². The summed E-state index contributed by atoms with van der Waals surface area (Å²) in [4.78, 5) is 11.8. The molecule has 2 heterocycles. The lowest BCUT2D eigenvalue weighted by atomic mass is 9.96.